The molecule has 100 valence electrons. The van der Waals surface area contributed by atoms with Crippen LogP contribution in [0.15, 0.2) is 0 Å². The predicted molar refractivity (Wildman–Crippen MR) is 63.9 cm³/mol. The maximum atomic E-state index is 10.5. The van der Waals surface area contributed by atoms with Gasteiger partial charge in [0.2, 0.25) is 0 Å². The summed E-state index contributed by atoms with van der Waals surface area (Å²) in [5.74, 6) is -0.259. The Hall–Kier alpha value is -0.650. The lowest BCUT2D eigenvalue weighted by Gasteiger charge is -2.19. The number of carboxylic acids is 1. The molecule has 2 N–H and O–H groups in total. The molecule has 1 heterocycles. The van der Waals surface area contributed by atoms with Gasteiger partial charge in [-0.2, -0.15) is 0 Å². The topological polar surface area (TPSA) is 70.0 Å². The van der Waals surface area contributed by atoms with Crippen LogP contribution in [0.4, 0.5) is 0 Å². The first-order chi connectivity index (χ1) is 8.11. The van der Waals surface area contributed by atoms with Crippen LogP contribution in [0.25, 0.3) is 0 Å². The summed E-state index contributed by atoms with van der Waals surface area (Å²) in [5.41, 5.74) is 0. The minimum absolute atomic E-state index is 0.250. The number of nitrogens with zero attached hydrogens (tertiary/aromatic N) is 1. The molecule has 0 aromatic carbocycles. The van der Waals surface area contributed by atoms with Gasteiger partial charge in [0.15, 0.2) is 0 Å². The Labute approximate surface area is 102 Å². The van der Waals surface area contributed by atoms with E-state index in [9.17, 15) is 9.90 Å². The molecule has 0 aromatic rings. The molecule has 17 heavy (non-hydrogen) atoms. The largest absolute Gasteiger partial charge is 0.481 e. The molecule has 1 rings (SSSR count). The van der Waals surface area contributed by atoms with Crippen molar-refractivity contribution in [3.63, 3.8) is 0 Å². The van der Waals surface area contributed by atoms with E-state index in [2.05, 4.69) is 4.90 Å². The molecule has 0 spiro atoms. The zero-order valence-corrected chi connectivity index (χ0v) is 10.5. The summed E-state index contributed by atoms with van der Waals surface area (Å²) < 4.78 is 5.16. The summed E-state index contributed by atoms with van der Waals surface area (Å²) in [6.45, 7) is 5.39. The van der Waals surface area contributed by atoms with Gasteiger partial charge < -0.3 is 19.8 Å². The first-order valence-electron chi connectivity index (χ1n) is 6.31. The average molecular weight is 245 g/mol. The van der Waals surface area contributed by atoms with Gasteiger partial charge in [0, 0.05) is 26.1 Å². The number of hydrogen-bond acceptors (Lipinski definition) is 4. The molecule has 1 fully saturated rings. The molecule has 0 bridgehead atoms. The molecule has 5 heteroatoms. The van der Waals surface area contributed by atoms with Crippen LogP contribution in [0.3, 0.4) is 0 Å². The number of ether oxygens (including phenoxy) is 1. The maximum absolute atomic E-state index is 10.5. The summed E-state index contributed by atoms with van der Waals surface area (Å²) >= 11 is 0. The summed E-state index contributed by atoms with van der Waals surface area (Å²) in [5, 5.41) is 18.3. The number of hydrogen-bond donors (Lipinski definition) is 2. The minimum Gasteiger partial charge on any atom is -0.481 e. The molecule has 2 atom stereocenters. The van der Waals surface area contributed by atoms with Crippen molar-refractivity contribution in [1.29, 1.82) is 0 Å². The number of aliphatic carboxylic acids is 1. The maximum Gasteiger partial charge on any atom is 0.303 e. The summed E-state index contributed by atoms with van der Waals surface area (Å²) in [7, 11) is 0. The van der Waals surface area contributed by atoms with Crippen molar-refractivity contribution < 1.29 is 19.7 Å². The van der Waals surface area contributed by atoms with Crippen LogP contribution < -0.4 is 0 Å². The van der Waals surface area contributed by atoms with Crippen LogP contribution in [0, 0.1) is 5.92 Å². The van der Waals surface area contributed by atoms with E-state index in [0.717, 1.165) is 25.9 Å². The Morgan fingerprint density at radius 2 is 2.35 bits per heavy atom. The fourth-order valence-electron chi connectivity index (χ4n) is 2.25. The van der Waals surface area contributed by atoms with Gasteiger partial charge >= 0.3 is 5.97 Å². The highest BCUT2D eigenvalue weighted by Gasteiger charge is 2.24. The zero-order chi connectivity index (χ0) is 12.7. The van der Waals surface area contributed by atoms with Gasteiger partial charge in [0.25, 0.3) is 0 Å². The molecule has 1 aliphatic heterocycles. The Balaban J connectivity index is 2.14. The lowest BCUT2D eigenvalue weighted by molar-refractivity contribution is -0.137. The molecule has 0 amide bonds. The SMILES string of the molecule is CCOCC(O)CN1CCC(CCC(=O)O)C1. The molecule has 5 nitrogen and oxygen atoms in total. The van der Waals surface area contributed by atoms with Crippen LogP contribution in [0.1, 0.15) is 26.2 Å². The Morgan fingerprint density at radius 3 is 3.00 bits per heavy atom. The van der Waals surface area contributed by atoms with Gasteiger partial charge in [-0.3, -0.25) is 4.79 Å². The monoisotopic (exact) mass is 245 g/mol. The molecule has 1 aliphatic rings. The van der Waals surface area contributed by atoms with Crippen molar-refractivity contribution in [2.45, 2.75) is 32.3 Å². The van der Waals surface area contributed by atoms with Crippen molar-refractivity contribution in [1.82, 2.24) is 4.90 Å². The highest BCUT2D eigenvalue weighted by Crippen LogP contribution is 2.20. The Kier molecular flexibility index (Phi) is 6.47. The van der Waals surface area contributed by atoms with Gasteiger partial charge in [-0.1, -0.05) is 0 Å². The van der Waals surface area contributed by atoms with Crippen molar-refractivity contribution in [2.24, 2.45) is 5.92 Å². The third-order valence-electron chi connectivity index (χ3n) is 3.12. The number of carboxylic acid groups (broad SMARTS) is 1. The second kappa shape index (κ2) is 7.63. The van der Waals surface area contributed by atoms with Crippen LogP contribution in [-0.4, -0.2) is 60.0 Å². The highest BCUT2D eigenvalue weighted by molar-refractivity contribution is 5.66. The third-order valence-corrected chi connectivity index (χ3v) is 3.12. The standard InChI is InChI=1S/C12H23NO4/c1-2-17-9-11(14)8-13-6-5-10(7-13)3-4-12(15)16/h10-11,14H,2-9H2,1H3,(H,15,16). The molecular weight excluding hydrogens is 222 g/mol. The average Bonchev–Trinajstić information content (AvgIpc) is 2.71. The molecule has 0 aromatic heterocycles. The van der Waals surface area contributed by atoms with E-state index in [1.54, 1.807) is 0 Å². The normalized spacial score (nSPS) is 22.8. The second-order valence-corrected chi connectivity index (χ2v) is 4.66. The number of aliphatic hydroxyl groups excluding tert-OH is 1. The van der Waals surface area contributed by atoms with Gasteiger partial charge in [-0.05, 0) is 32.2 Å². The Morgan fingerprint density at radius 1 is 1.59 bits per heavy atom. The van der Waals surface area contributed by atoms with Crippen LogP contribution in [0.2, 0.25) is 0 Å². The summed E-state index contributed by atoms with van der Waals surface area (Å²) in [6.07, 6.45) is 1.59. The molecule has 0 radical (unpaired) electrons. The van der Waals surface area contributed by atoms with E-state index in [-0.39, 0.29) is 6.42 Å². The van der Waals surface area contributed by atoms with E-state index < -0.39 is 12.1 Å². The highest BCUT2D eigenvalue weighted by atomic mass is 16.5. The molecule has 0 aliphatic carbocycles. The van der Waals surface area contributed by atoms with E-state index in [0.29, 0.717) is 25.7 Å². The fourth-order valence-corrected chi connectivity index (χ4v) is 2.25. The van der Waals surface area contributed by atoms with Crippen LogP contribution >= 0.6 is 0 Å². The number of rotatable bonds is 8. The van der Waals surface area contributed by atoms with Crippen LogP contribution in [-0.2, 0) is 9.53 Å². The quantitative estimate of drug-likeness (QED) is 0.654. The second-order valence-electron chi connectivity index (χ2n) is 4.66. The van der Waals surface area contributed by atoms with Crippen LogP contribution in [0.5, 0.6) is 0 Å². The molecular formula is C12H23NO4. The zero-order valence-electron chi connectivity index (χ0n) is 10.5. The van der Waals surface area contributed by atoms with Crippen molar-refractivity contribution in [3.05, 3.63) is 0 Å². The molecule has 1 saturated heterocycles. The van der Waals surface area contributed by atoms with Gasteiger partial charge in [0.05, 0.1) is 12.7 Å². The number of β-amino-alcohol motifs (C(OH)–C–C–N with tert-alkyl or cyclic N) is 1. The number of likely N-dealkylation sites (tertiary alicyclic amines) is 1. The lowest BCUT2D eigenvalue weighted by atomic mass is 10.0. The predicted octanol–water partition coefficient (Wildman–Crippen LogP) is 0.570. The lowest BCUT2D eigenvalue weighted by Crippen LogP contribution is -2.33. The van der Waals surface area contributed by atoms with E-state index in [1.165, 1.54) is 0 Å². The number of aliphatic hydroxyl groups is 1. The number of carbonyl (C=O) groups is 1. The minimum atomic E-state index is -0.722. The third kappa shape index (κ3) is 6.00. The molecule has 2 unspecified atom stereocenters. The van der Waals surface area contributed by atoms with Crippen molar-refractivity contribution in [3.8, 4) is 0 Å². The van der Waals surface area contributed by atoms with E-state index >= 15 is 0 Å². The van der Waals surface area contributed by atoms with E-state index in [4.69, 9.17) is 9.84 Å². The smallest absolute Gasteiger partial charge is 0.303 e. The van der Waals surface area contributed by atoms with E-state index in [1.807, 2.05) is 6.92 Å². The Bertz CT molecular complexity index is 235. The first-order valence-corrected chi connectivity index (χ1v) is 6.31. The van der Waals surface area contributed by atoms with Crippen molar-refractivity contribution >= 4 is 5.97 Å². The first kappa shape index (κ1) is 14.4. The van der Waals surface area contributed by atoms with Gasteiger partial charge in [-0.25, -0.2) is 0 Å². The molecule has 0 saturated carbocycles. The summed E-state index contributed by atoms with van der Waals surface area (Å²) in [6, 6.07) is 0. The summed E-state index contributed by atoms with van der Waals surface area (Å²) in [4.78, 5) is 12.7. The fraction of sp³-hybridized carbons (Fsp3) is 0.917. The van der Waals surface area contributed by atoms with Crippen molar-refractivity contribution in [2.75, 3.05) is 32.8 Å². The van der Waals surface area contributed by atoms with Gasteiger partial charge in [0.1, 0.15) is 0 Å². The van der Waals surface area contributed by atoms with Gasteiger partial charge in [-0.15, -0.1) is 0 Å².